The number of rotatable bonds is 2. The Morgan fingerprint density at radius 2 is 2.09 bits per heavy atom. The first-order chi connectivity index (χ1) is 4.95. The average molecular weight is 154 g/mol. The molecule has 11 heavy (non-hydrogen) atoms. The van der Waals surface area contributed by atoms with Gasteiger partial charge in [0.05, 0.1) is 6.07 Å². The second kappa shape index (κ2) is 3.97. The van der Waals surface area contributed by atoms with Crippen LogP contribution in [0, 0.1) is 16.7 Å². The highest BCUT2D eigenvalue weighted by molar-refractivity contribution is 5.76. The molecule has 0 bridgehead atoms. The fraction of sp³-hybridized carbons (Fsp3) is 0.750. The third-order valence-corrected chi connectivity index (χ3v) is 1.06. The minimum Gasteiger partial charge on any atom is -0.343 e. The standard InChI is InChI=1S/C8H14N2O/c1-8(2,3)6-7(11)10-5-4-9/h5-6H2,1-3H3,(H,10,11). The van der Waals surface area contributed by atoms with Gasteiger partial charge in [-0.15, -0.1) is 0 Å². The summed E-state index contributed by atoms with van der Waals surface area (Å²) in [4.78, 5) is 11.0. The lowest BCUT2D eigenvalue weighted by molar-refractivity contribution is -0.122. The first kappa shape index (κ1) is 9.96. The monoisotopic (exact) mass is 154 g/mol. The van der Waals surface area contributed by atoms with E-state index < -0.39 is 0 Å². The topological polar surface area (TPSA) is 52.9 Å². The maximum absolute atomic E-state index is 11.0. The van der Waals surface area contributed by atoms with Gasteiger partial charge in [0.1, 0.15) is 6.54 Å². The van der Waals surface area contributed by atoms with E-state index >= 15 is 0 Å². The Bertz CT molecular complexity index is 174. The van der Waals surface area contributed by atoms with Crippen molar-refractivity contribution in [1.82, 2.24) is 5.32 Å². The molecule has 0 unspecified atom stereocenters. The molecule has 0 rings (SSSR count). The van der Waals surface area contributed by atoms with E-state index in [9.17, 15) is 4.79 Å². The van der Waals surface area contributed by atoms with E-state index in [2.05, 4.69) is 5.32 Å². The number of carbonyl (C=O) groups is 1. The van der Waals surface area contributed by atoms with E-state index in [0.29, 0.717) is 6.42 Å². The quantitative estimate of drug-likeness (QED) is 0.605. The van der Waals surface area contributed by atoms with Crippen molar-refractivity contribution >= 4 is 5.91 Å². The summed E-state index contributed by atoms with van der Waals surface area (Å²) < 4.78 is 0. The average Bonchev–Trinajstić information content (AvgIpc) is 1.79. The molecule has 0 aliphatic heterocycles. The van der Waals surface area contributed by atoms with Gasteiger partial charge in [-0.1, -0.05) is 20.8 Å². The Balaban J connectivity index is 3.64. The van der Waals surface area contributed by atoms with Crippen molar-refractivity contribution < 1.29 is 4.79 Å². The Labute approximate surface area is 67.4 Å². The van der Waals surface area contributed by atoms with E-state index in [4.69, 9.17) is 5.26 Å². The molecule has 1 N–H and O–H groups in total. The van der Waals surface area contributed by atoms with Crippen molar-refractivity contribution in [1.29, 1.82) is 5.26 Å². The molecule has 1 amide bonds. The maximum Gasteiger partial charge on any atom is 0.221 e. The first-order valence-corrected chi connectivity index (χ1v) is 3.59. The van der Waals surface area contributed by atoms with Crippen LogP contribution in [0.1, 0.15) is 27.2 Å². The molecule has 0 heterocycles. The first-order valence-electron chi connectivity index (χ1n) is 3.59. The predicted octanol–water partition coefficient (Wildman–Crippen LogP) is 1.06. The van der Waals surface area contributed by atoms with E-state index in [-0.39, 0.29) is 17.9 Å². The number of hydrogen-bond donors (Lipinski definition) is 1. The fourth-order valence-electron chi connectivity index (χ4n) is 0.682. The van der Waals surface area contributed by atoms with E-state index in [1.54, 1.807) is 0 Å². The van der Waals surface area contributed by atoms with E-state index in [1.165, 1.54) is 0 Å². The second-order valence-electron chi connectivity index (χ2n) is 3.67. The van der Waals surface area contributed by atoms with Gasteiger partial charge in [0.15, 0.2) is 0 Å². The molecule has 0 spiro atoms. The van der Waals surface area contributed by atoms with Gasteiger partial charge >= 0.3 is 0 Å². The Morgan fingerprint density at radius 3 is 2.45 bits per heavy atom. The highest BCUT2D eigenvalue weighted by atomic mass is 16.1. The Hall–Kier alpha value is -1.04. The number of amides is 1. The minimum atomic E-state index is -0.0564. The Kier molecular flexibility index (Phi) is 3.59. The van der Waals surface area contributed by atoms with Gasteiger partial charge in [0.2, 0.25) is 5.91 Å². The normalized spacial score (nSPS) is 10.4. The third-order valence-electron chi connectivity index (χ3n) is 1.06. The van der Waals surface area contributed by atoms with Gasteiger partial charge in [0, 0.05) is 6.42 Å². The van der Waals surface area contributed by atoms with E-state index in [1.807, 2.05) is 26.8 Å². The van der Waals surface area contributed by atoms with Crippen molar-refractivity contribution in [2.75, 3.05) is 6.54 Å². The lowest BCUT2D eigenvalue weighted by Crippen LogP contribution is -2.27. The number of carbonyl (C=O) groups excluding carboxylic acids is 1. The van der Waals surface area contributed by atoms with Gasteiger partial charge in [-0.05, 0) is 5.41 Å². The molecular weight excluding hydrogens is 140 g/mol. The van der Waals surface area contributed by atoms with Crippen LogP contribution in [-0.4, -0.2) is 12.5 Å². The molecule has 0 saturated carbocycles. The lowest BCUT2D eigenvalue weighted by atomic mass is 9.92. The zero-order valence-corrected chi connectivity index (χ0v) is 7.27. The summed E-state index contributed by atoms with van der Waals surface area (Å²) in [5.41, 5.74) is -0.000457. The van der Waals surface area contributed by atoms with Crippen LogP contribution >= 0.6 is 0 Å². The largest absolute Gasteiger partial charge is 0.343 e. The SMILES string of the molecule is CC(C)(C)CC(=O)NCC#N. The van der Waals surface area contributed by atoms with Crippen molar-refractivity contribution in [2.45, 2.75) is 27.2 Å². The molecule has 0 atom stereocenters. The molecule has 3 nitrogen and oxygen atoms in total. The molecule has 3 heteroatoms. The maximum atomic E-state index is 11.0. The Morgan fingerprint density at radius 1 is 1.55 bits per heavy atom. The van der Waals surface area contributed by atoms with Crippen molar-refractivity contribution in [3.63, 3.8) is 0 Å². The molecule has 62 valence electrons. The fourth-order valence-corrected chi connectivity index (χ4v) is 0.682. The summed E-state index contributed by atoms with van der Waals surface area (Å²) in [5.74, 6) is -0.0564. The smallest absolute Gasteiger partial charge is 0.221 e. The molecule has 0 aromatic heterocycles. The van der Waals surface area contributed by atoms with Crippen LogP contribution in [0.4, 0.5) is 0 Å². The van der Waals surface area contributed by atoms with Crippen LogP contribution in [-0.2, 0) is 4.79 Å². The predicted molar refractivity (Wildman–Crippen MR) is 42.7 cm³/mol. The molecule has 0 fully saturated rings. The third kappa shape index (κ3) is 6.85. The van der Waals surface area contributed by atoms with Crippen molar-refractivity contribution in [2.24, 2.45) is 5.41 Å². The van der Waals surface area contributed by atoms with Crippen LogP contribution in [0.2, 0.25) is 0 Å². The number of nitrogens with zero attached hydrogens (tertiary/aromatic N) is 1. The highest BCUT2D eigenvalue weighted by Gasteiger charge is 2.14. The van der Waals surface area contributed by atoms with Crippen molar-refractivity contribution in [3.05, 3.63) is 0 Å². The lowest BCUT2D eigenvalue weighted by Gasteiger charge is -2.16. The molecule has 0 saturated heterocycles. The zero-order chi connectivity index (χ0) is 8.91. The number of hydrogen-bond acceptors (Lipinski definition) is 2. The molecule has 0 radical (unpaired) electrons. The summed E-state index contributed by atoms with van der Waals surface area (Å²) >= 11 is 0. The van der Waals surface area contributed by atoms with Gasteiger partial charge in [-0.25, -0.2) is 0 Å². The molecule has 0 aliphatic carbocycles. The molecule has 0 aromatic rings. The summed E-state index contributed by atoms with van der Waals surface area (Å²) in [6, 6.07) is 1.85. The summed E-state index contributed by atoms with van der Waals surface area (Å²) in [5, 5.41) is 10.6. The van der Waals surface area contributed by atoms with Gasteiger partial charge in [-0.3, -0.25) is 4.79 Å². The highest BCUT2D eigenvalue weighted by Crippen LogP contribution is 2.17. The summed E-state index contributed by atoms with van der Waals surface area (Å²) in [6.45, 7) is 6.06. The van der Waals surface area contributed by atoms with Crippen LogP contribution in [0.3, 0.4) is 0 Å². The van der Waals surface area contributed by atoms with Gasteiger partial charge in [-0.2, -0.15) is 5.26 Å². The minimum absolute atomic E-state index is 0.000457. The van der Waals surface area contributed by atoms with Crippen LogP contribution in [0.5, 0.6) is 0 Å². The second-order valence-corrected chi connectivity index (χ2v) is 3.67. The molecular formula is C8H14N2O. The summed E-state index contributed by atoms with van der Waals surface area (Å²) in [6.07, 6.45) is 0.467. The zero-order valence-electron chi connectivity index (χ0n) is 7.27. The summed E-state index contributed by atoms with van der Waals surface area (Å²) in [7, 11) is 0. The van der Waals surface area contributed by atoms with Crippen LogP contribution < -0.4 is 5.32 Å². The number of nitriles is 1. The molecule has 0 aromatic carbocycles. The van der Waals surface area contributed by atoms with Gasteiger partial charge in [0.25, 0.3) is 0 Å². The van der Waals surface area contributed by atoms with Gasteiger partial charge < -0.3 is 5.32 Å². The van der Waals surface area contributed by atoms with Crippen molar-refractivity contribution in [3.8, 4) is 6.07 Å². The molecule has 0 aliphatic rings. The van der Waals surface area contributed by atoms with Crippen LogP contribution in [0.15, 0.2) is 0 Å². The number of nitrogens with one attached hydrogen (secondary N) is 1. The van der Waals surface area contributed by atoms with Crippen LogP contribution in [0.25, 0.3) is 0 Å². The van der Waals surface area contributed by atoms with E-state index in [0.717, 1.165) is 0 Å².